The van der Waals surface area contributed by atoms with Gasteiger partial charge in [0.1, 0.15) is 5.75 Å². The van der Waals surface area contributed by atoms with E-state index in [2.05, 4.69) is 5.32 Å². The Kier molecular flexibility index (Phi) is 7.04. The number of benzene rings is 1. The van der Waals surface area contributed by atoms with Crippen molar-refractivity contribution in [3.05, 3.63) is 28.3 Å². The zero-order valence-corrected chi connectivity index (χ0v) is 16.1. The quantitative estimate of drug-likeness (QED) is 0.789. The third-order valence-electron chi connectivity index (χ3n) is 3.18. The van der Waals surface area contributed by atoms with E-state index in [0.29, 0.717) is 18.2 Å². The average Bonchev–Trinajstić information content (AvgIpc) is 2.42. The fraction of sp³-hybridized carbons (Fsp3) is 0.400. The molecule has 0 amide bonds. The van der Waals surface area contributed by atoms with Crippen LogP contribution in [0.5, 0.6) is 5.75 Å². The van der Waals surface area contributed by atoms with Crippen molar-refractivity contribution >= 4 is 58.9 Å². The van der Waals surface area contributed by atoms with Gasteiger partial charge in [0.2, 0.25) is 6.10 Å². The van der Waals surface area contributed by atoms with Crippen molar-refractivity contribution in [3.63, 3.8) is 0 Å². The van der Waals surface area contributed by atoms with Crippen LogP contribution in [-0.4, -0.2) is 59.5 Å². The normalized spacial score (nSPS) is 16.6. The zero-order chi connectivity index (χ0) is 17.4. The van der Waals surface area contributed by atoms with Crippen LogP contribution < -0.4 is 10.1 Å². The Morgan fingerprint density at radius 2 is 2.04 bits per heavy atom. The minimum absolute atomic E-state index is 0. The number of aliphatic carboxylic acids is 1. The Labute approximate surface area is 164 Å². The van der Waals surface area contributed by atoms with Crippen LogP contribution in [0.15, 0.2) is 17.7 Å². The average molecular weight is 373 g/mol. The van der Waals surface area contributed by atoms with Crippen LogP contribution in [0, 0.1) is 5.92 Å². The van der Waals surface area contributed by atoms with Gasteiger partial charge in [-0.2, -0.15) is 13.2 Å². The summed E-state index contributed by atoms with van der Waals surface area (Å²) in [4.78, 5) is 11.1. The van der Waals surface area contributed by atoms with Crippen LogP contribution in [0.3, 0.4) is 0 Å². The number of carboxylic acids is 1. The van der Waals surface area contributed by atoms with Gasteiger partial charge in [-0.15, -0.1) is 0 Å². The maximum absolute atomic E-state index is 13.0. The molecule has 1 radical (unpaired) electrons. The Morgan fingerprint density at radius 3 is 2.54 bits per heavy atom. The van der Waals surface area contributed by atoms with Crippen LogP contribution >= 0.6 is 11.6 Å². The van der Waals surface area contributed by atoms with Crippen molar-refractivity contribution in [2.75, 3.05) is 11.9 Å². The minimum Gasteiger partial charge on any atom is -0.478 e. The molecule has 0 aliphatic carbocycles. The minimum atomic E-state index is -4.83. The first-order valence-corrected chi connectivity index (χ1v) is 7.23. The topological polar surface area (TPSA) is 58.6 Å². The van der Waals surface area contributed by atoms with Gasteiger partial charge in [-0.25, -0.2) is 4.79 Å². The second kappa shape index (κ2) is 7.99. The fourth-order valence-electron chi connectivity index (χ4n) is 2.08. The molecule has 0 saturated carbocycles. The molecule has 1 aromatic carbocycles. The van der Waals surface area contributed by atoms with E-state index in [4.69, 9.17) is 21.4 Å². The van der Waals surface area contributed by atoms with E-state index >= 15 is 0 Å². The van der Waals surface area contributed by atoms with E-state index in [1.54, 1.807) is 0 Å². The summed E-state index contributed by atoms with van der Waals surface area (Å²) in [5, 5.41) is 12.3. The molecule has 1 atom stereocenters. The summed E-state index contributed by atoms with van der Waals surface area (Å²) in [5.41, 5.74) is -0.237. The van der Waals surface area contributed by atoms with Crippen molar-refractivity contribution in [1.82, 2.24) is 0 Å². The van der Waals surface area contributed by atoms with Gasteiger partial charge < -0.3 is 15.2 Å². The molecule has 1 aliphatic heterocycles. The summed E-state index contributed by atoms with van der Waals surface area (Å²) >= 11 is 6.08. The summed E-state index contributed by atoms with van der Waals surface area (Å²) in [7, 11) is 0. The molecule has 1 aromatic rings. The number of fused-ring (bicyclic) bond motifs is 1. The first kappa shape index (κ1) is 21.2. The molecule has 127 valence electrons. The third-order valence-corrected chi connectivity index (χ3v) is 3.50. The molecule has 0 bridgehead atoms. The van der Waals surface area contributed by atoms with E-state index in [9.17, 15) is 18.0 Å². The van der Waals surface area contributed by atoms with Gasteiger partial charge in [0.25, 0.3) is 0 Å². The van der Waals surface area contributed by atoms with Crippen LogP contribution in [0.25, 0.3) is 6.08 Å². The van der Waals surface area contributed by atoms with Crippen LogP contribution in [0.2, 0.25) is 5.02 Å². The Morgan fingerprint density at radius 1 is 1.42 bits per heavy atom. The molecule has 0 spiro atoms. The number of ether oxygens (including phenoxy) is 1. The van der Waals surface area contributed by atoms with E-state index < -0.39 is 23.8 Å². The SMILES string of the molecule is CC(C)CNc1cc2c(cc1Cl)C=C(C(=O)O)C(C(F)(F)F)O2.[Na]. The number of nitrogens with one attached hydrogen (secondary N) is 1. The van der Waals surface area contributed by atoms with Gasteiger partial charge in [-0.05, 0) is 18.1 Å². The molecule has 1 heterocycles. The third kappa shape index (κ3) is 4.81. The van der Waals surface area contributed by atoms with E-state index in [1.807, 2.05) is 13.8 Å². The summed E-state index contributed by atoms with van der Waals surface area (Å²) in [6.45, 7) is 4.52. The number of carboxylic acid groups (broad SMARTS) is 1. The van der Waals surface area contributed by atoms with Crippen molar-refractivity contribution in [2.24, 2.45) is 5.92 Å². The molecule has 4 nitrogen and oxygen atoms in total. The molecule has 0 aromatic heterocycles. The van der Waals surface area contributed by atoms with Gasteiger partial charge >= 0.3 is 12.1 Å². The van der Waals surface area contributed by atoms with Crippen LogP contribution in [0.4, 0.5) is 18.9 Å². The predicted octanol–water partition coefficient (Wildman–Crippen LogP) is 3.82. The number of alkyl halides is 3. The Hall–Kier alpha value is -0.890. The van der Waals surface area contributed by atoms with Gasteiger partial charge in [-0.3, -0.25) is 0 Å². The van der Waals surface area contributed by atoms with Crippen molar-refractivity contribution in [3.8, 4) is 5.75 Å². The molecule has 1 unspecified atom stereocenters. The first-order chi connectivity index (χ1) is 10.6. The summed E-state index contributed by atoms with van der Waals surface area (Å²) < 4.78 is 43.9. The molecule has 2 N–H and O–H groups in total. The van der Waals surface area contributed by atoms with E-state index in [0.717, 1.165) is 6.08 Å². The smallest absolute Gasteiger partial charge is 0.430 e. The van der Waals surface area contributed by atoms with Gasteiger partial charge in [0.05, 0.1) is 16.3 Å². The largest absolute Gasteiger partial charge is 0.478 e. The van der Waals surface area contributed by atoms with Crippen LogP contribution in [0.1, 0.15) is 19.4 Å². The number of halogens is 4. The first-order valence-electron chi connectivity index (χ1n) is 6.85. The molecular formula is C15H15ClF3NNaO3. The summed E-state index contributed by atoms with van der Waals surface area (Å²) in [6.07, 6.45) is -6.39. The van der Waals surface area contributed by atoms with Crippen LogP contribution in [-0.2, 0) is 4.79 Å². The predicted molar refractivity (Wildman–Crippen MR) is 86.6 cm³/mol. The summed E-state index contributed by atoms with van der Waals surface area (Å²) in [5.74, 6) is -1.44. The monoisotopic (exact) mass is 372 g/mol. The van der Waals surface area contributed by atoms with E-state index in [-0.39, 0.29) is 45.9 Å². The maximum Gasteiger partial charge on any atom is 0.430 e. The summed E-state index contributed by atoms with van der Waals surface area (Å²) in [6, 6.07) is 2.74. The van der Waals surface area contributed by atoms with E-state index in [1.165, 1.54) is 12.1 Å². The number of hydrogen-bond acceptors (Lipinski definition) is 3. The standard InChI is InChI=1S/C15H15ClF3NO3.Na/c1-7(2)6-20-11-5-12-8(4-10(11)16)3-9(14(21)22)13(23-12)15(17,18)19;/h3-5,7,13,20H,6H2,1-2H3,(H,21,22);. The molecule has 2 rings (SSSR count). The van der Waals surface area contributed by atoms with Crippen molar-refractivity contribution < 1.29 is 27.8 Å². The number of carbonyl (C=O) groups is 1. The number of anilines is 1. The molecular weight excluding hydrogens is 358 g/mol. The molecule has 0 fully saturated rings. The molecule has 1 aliphatic rings. The zero-order valence-electron chi connectivity index (χ0n) is 13.4. The second-order valence-electron chi connectivity index (χ2n) is 5.59. The Bertz CT molecular complexity index is 662. The fourth-order valence-corrected chi connectivity index (χ4v) is 2.32. The van der Waals surface area contributed by atoms with Crippen molar-refractivity contribution in [2.45, 2.75) is 26.1 Å². The van der Waals surface area contributed by atoms with Gasteiger partial charge in [0.15, 0.2) is 0 Å². The van der Waals surface area contributed by atoms with Gasteiger partial charge in [-0.1, -0.05) is 25.4 Å². The number of rotatable bonds is 4. The number of hydrogen-bond donors (Lipinski definition) is 2. The maximum atomic E-state index is 13.0. The Balaban J connectivity index is 0.00000288. The second-order valence-corrected chi connectivity index (χ2v) is 6.00. The molecule has 9 heteroatoms. The molecule has 24 heavy (non-hydrogen) atoms. The van der Waals surface area contributed by atoms with Gasteiger partial charge in [0, 0.05) is 47.7 Å². The molecule has 0 saturated heterocycles. The van der Waals surface area contributed by atoms with Crippen molar-refractivity contribution in [1.29, 1.82) is 0 Å².